The van der Waals surface area contributed by atoms with Gasteiger partial charge in [-0.2, -0.15) is 4.98 Å². The summed E-state index contributed by atoms with van der Waals surface area (Å²) in [5.74, 6) is 1.68. The highest BCUT2D eigenvalue weighted by molar-refractivity contribution is 6.32. The lowest BCUT2D eigenvalue weighted by atomic mass is 10.1. The van der Waals surface area contributed by atoms with Gasteiger partial charge in [-0.05, 0) is 24.6 Å². The van der Waals surface area contributed by atoms with Gasteiger partial charge in [-0.15, -0.1) is 0 Å². The molecule has 0 saturated carbocycles. The van der Waals surface area contributed by atoms with E-state index in [0.717, 1.165) is 5.56 Å². The standard InChI is InChI=1S/C13H16ClN3O2/c1-3-13-16-12(17-19-13)7-18-11-5-4-9(8(2)15)6-10(11)14/h4-6,8H,3,7,15H2,1-2H3/t8-/m1/s1. The summed E-state index contributed by atoms with van der Waals surface area (Å²) in [5.41, 5.74) is 6.75. The number of halogens is 1. The number of aromatic nitrogens is 2. The summed E-state index contributed by atoms with van der Waals surface area (Å²) in [4.78, 5) is 4.15. The molecule has 0 spiro atoms. The fourth-order valence-corrected chi connectivity index (χ4v) is 1.80. The molecule has 5 nitrogen and oxygen atoms in total. The van der Waals surface area contributed by atoms with Crippen LogP contribution in [0.4, 0.5) is 0 Å². The van der Waals surface area contributed by atoms with Gasteiger partial charge in [0, 0.05) is 12.5 Å². The summed E-state index contributed by atoms with van der Waals surface area (Å²) in [7, 11) is 0. The van der Waals surface area contributed by atoms with Gasteiger partial charge in [0.15, 0.2) is 6.61 Å². The molecule has 19 heavy (non-hydrogen) atoms. The average molecular weight is 282 g/mol. The van der Waals surface area contributed by atoms with Crippen LogP contribution in [0.1, 0.15) is 37.2 Å². The van der Waals surface area contributed by atoms with Gasteiger partial charge in [0.05, 0.1) is 5.02 Å². The zero-order valence-electron chi connectivity index (χ0n) is 10.9. The summed E-state index contributed by atoms with van der Waals surface area (Å²) >= 11 is 6.13. The lowest BCUT2D eigenvalue weighted by Gasteiger charge is -2.10. The van der Waals surface area contributed by atoms with Crippen molar-refractivity contribution in [2.24, 2.45) is 5.73 Å². The highest BCUT2D eigenvalue weighted by Gasteiger charge is 2.09. The number of nitrogens with zero attached hydrogens (tertiary/aromatic N) is 2. The Morgan fingerprint density at radius 1 is 1.47 bits per heavy atom. The van der Waals surface area contributed by atoms with E-state index >= 15 is 0 Å². The molecule has 0 aliphatic carbocycles. The first-order chi connectivity index (χ1) is 9.10. The molecule has 2 N–H and O–H groups in total. The maximum absolute atomic E-state index is 6.13. The van der Waals surface area contributed by atoms with Crippen molar-refractivity contribution in [1.82, 2.24) is 10.1 Å². The summed E-state index contributed by atoms with van der Waals surface area (Å²) in [6, 6.07) is 5.42. The van der Waals surface area contributed by atoms with Crippen molar-refractivity contribution in [2.75, 3.05) is 0 Å². The Morgan fingerprint density at radius 2 is 2.26 bits per heavy atom. The molecule has 0 amide bonds. The minimum Gasteiger partial charge on any atom is -0.484 e. The van der Waals surface area contributed by atoms with Crippen LogP contribution in [0, 0.1) is 0 Å². The van der Waals surface area contributed by atoms with Crippen molar-refractivity contribution in [3.8, 4) is 5.75 Å². The second-order valence-corrected chi connectivity index (χ2v) is 4.63. The Labute approximate surface area is 116 Å². The van der Waals surface area contributed by atoms with E-state index in [0.29, 0.717) is 28.9 Å². The molecule has 1 aromatic carbocycles. The van der Waals surface area contributed by atoms with E-state index < -0.39 is 0 Å². The number of hydrogen-bond donors (Lipinski definition) is 1. The Balaban J connectivity index is 2.03. The van der Waals surface area contributed by atoms with Gasteiger partial charge in [-0.3, -0.25) is 0 Å². The fourth-order valence-electron chi connectivity index (χ4n) is 1.55. The molecular formula is C13H16ClN3O2. The molecule has 1 atom stereocenters. The first kappa shape index (κ1) is 13.8. The number of rotatable bonds is 5. The summed E-state index contributed by atoms with van der Waals surface area (Å²) in [6.07, 6.45) is 0.705. The predicted molar refractivity (Wildman–Crippen MR) is 72.1 cm³/mol. The maximum atomic E-state index is 6.13. The molecule has 1 aromatic heterocycles. The average Bonchev–Trinajstić information content (AvgIpc) is 2.85. The third-order valence-electron chi connectivity index (χ3n) is 2.65. The fraction of sp³-hybridized carbons (Fsp3) is 0.385. The van der Waals surface area contributed by atoms with Crippen LogP contribution in [0.25, 0.3) is 0 Å². The van der Waals surface area contributed by atoms with Crippen LogP contribution in [0.3, 0.4) is 0 Å². The van der Waals surface area contributed by atoms with E-state index in [1.807, 2.05) is 19.9 Å². The van der Waals surface area contributed by atoms with Gasteiger partial charge in [-0.1, -0.05) is 29.7 Å². The highest BCUT2D eigenvalue weighted by atomic mass is 35.5. The van der Waals surface area contributed by atoms with Gasteiger partial charge in [0.25, 0.3) is 0 Å². The number of hydrogen-bond acceptors (Lipinski definition) is 5. The van der Waals surface area contributed by atoms with Crippen molar-refractivity contribution in [3.63, 3.8) is 0 Å². The monoisotopic (exact) mass is 281 g/mol. The van der Waals surface area contributed by atoms with Crippen molar-refractivity contribution in [1.29, 1.82) is 0 Å². The van der Waals surface area contributed by atoms with E-state index in [-0.39, 0.29) is 12.6 Å². The lowest BCUT2D eigenvalue weighted by Crippen LogP contribution is -2.05. The first-order valence-corrected chi connectivity index (χ1v) is 6.47. The summed E-state index contributed by atoms with van der Waals surface area (Å²) in [6.45, 7) is 4.07. The van der Waals surface area contributed by atoms with Crippen LogP contribution in [-0.2, 0) is 13.0 Å². The van der Waals surface area contributed by atoms with Crippen LogP contribution in [0.2, 0.25) is 5.02 Å². The molecule has 6 heteroatoms. The number of nitrogens with two attached hydrogens (primary N) is 1. The van der Waals surface area contributed by atoms with Crippen molar-refractivity contribution < 1.29 is 9.26 Å². The topological polar surface area (TPSA) is 74.2 Å². The smallest absolute Gasteiger partial charge is 0.226 e. The van der Waals surface area contributed by atoms with E-state index in [9.17, 15) is 0 Å². The molecule has 102 valence electrons. The van der Waals surface area contributed by atoms with Gasteiger partial charge >= 0.3 is 0 Å². The Kier molecular flexibility index (Phi) is 4.39. The van der Waals surface area contributed by atoms with Crippen LogP contribution in [0.15, 0.2) is 22.7 Å². The van der Waals surface area contributed by atoms with Gasteiger partial charge in [0.1, 0.15) is 5.75 Å². The van der Waals surface area contributed by atoms with E-state index in [2.05, 4.69) is 10.1 Å². The Hall–Kier alpha value is -1.59. The molecule has 0 saturated heterocycles. The predicted octanol–water partition coefficient (Wildman–Crippen LogP) is 2.88. The van der Waals surface area contributed by atoms with E-state index in [1.165, 1.54) is 0 Å². The maximum Gasteiger partial charge on any atom is 0.226 e. The molecule has 0 radical (unpaired) electrons. The molecule has 1 heterocycles. The molecule has 2 rings (SSSR count). The SMILES string of the molecule is CCc1nc(COc2ccc([C@@H](C)N)cc2Cl)no1. The molecule has 2 aromatic rings. The molecular weight excluding hydrogens is 266 g/mol. The third kappa shape index (κ3) is 3.45. The molecule has 0 fully saturated rings. The molecule has 0 aliphatic heterocycles. The summed E-state index contributed by atoms with van der Waals surface area (Å²) < 4.78 is 10.6. The first-order valence-electron chi connectivity index (χ1n) is 6.09. The number of aryl methyl sites for hydroxylation is 1. The normalized spacial score (nSPS) is 12.4. The Bertz CT molecular complexity index is 555. The van der Waals surface area contributed by atoms with Gasteiger partial charge < -0.3 is 15.0 Å². The second kappa shape index (κ2) is 6.04. The minimum atomic E-state index is -0.0594. The van der Waals surface area contributed by atoms with E-state index in [4.69, 9.17) is 26.6 Å². The van der Waals surface area contributed by atoms with Crippen LogP contribution in [0.5, 0.6) is 5.75 Å². The quantitative estimate of drug-likeness (QED) is 0.912. The molecule has 0 bridgehead atoms. The van der Waals surface area contributed by atoms with E-state index in [1.54, 1.807) is 12.1 Å². The van der Waals surface area contributed by atoms with Crippen molar-refractivity contribution in [2.45, 2.75) is 32.9 Å². The van der Waals surface area contributed by atoms with Crippen LogP contribution < -0.4 is 10.5 Å². The zero-order valence-corrected chi connectivity index (χ0v) is 11.6. The molecule has 0 unspecified atom stereocenters. The van der Waals surface area contributed by atoms with Crippen LogP contribution in [-0.4, -0.2) is 10.1 Å². The second-order valence-electron chi connectivity index (χ2n) is 4.23. The largest absolute Gasteiger partial charge is 0.484 e. The van der Waals surface area contributed by atoms with Gasteiger partial charge in [-0.25, -0.2) is 0 Å². The minimum absolute atomic E-state index is 0.0594. The molecule has 0 aliphatic rings. The third-order valence-corrected chi connectivity index (χ3v) is 2.95. The van der Waals surface area contributed by atoms with Gasteiger partial charge in [0.2, 0.25) is 11.7 Å². The number of ether oxygens (including phenoxy) is 1. The number of benzene rings is 1. The Morgan fingerprint density at radius 3 is 2.84 bits per heavy atom. The lowest BCUT2D eigenvalue weighted by molar-refractivity contribution is 0.285. The zero-order chi connectivity index (χ0) is 13.8. The van der Waals surface area contributed by atoms with Crippen LogP contribution >= 0.6 is 11.6 Å². The van der Waals surface area contributed by atoms with Crippen molar-refractivity contribution >= 4 is 11.6 Å². The highest BCUT2D eigenvalue weighted by Crippen LogP contribution is 2.27. The van der Waals surface area contributed by atoms with Crippen molar-refractivity contribution in [3.05, 3.63) is 40.5 Å². The summed E-state index contributed by atoms with van der Waals surface area (Å²) in [5, 5.41) is 4.33.